The molecule has 0 spiro atoms. The molecule has 2 aromatic carbocycles. The van der Waals surface area contributed by atoms with E-state index >= 15 is 0 Å². The molecule has 0 bridgehead atoms. The number of hydrogen-bond acceptors (Lipinski definition) is 2. The molecular formula is C17H18N2OS. The second kappa shape index (κ2) is 6.99. The van der Waals surface area contributed by atoms with Gasteiger partial charge in [-0.3, -0.25) is 4.79 Å². The fourth-order valence-corrected chi connectivity index (χ4v) is 2.05. The van der Waals surface area contributed by atoms with Crippen molar-refractivity contribution in [3.05, 3.63) is 65.2 Å². The number of nitrogens with one attached hydrogen (secondary N) is 2. The van der Waals surface area contributed by atoms with E-state index in [1.807, 2.05) is 62.4 Å². The van der Waals surface area contributed by atoms with Gasteiger partial charge >= 0.3 is 0 Å². The molecule has 0 aliphatic heterocycles. The van der Waals surface area contributed by atoms with Gasteiger partial charge in [-0.2, -0.15) is 0 Å². The molecule has 4 heteroatoms. The van der Waals surface area contributed by atoms with Crippen LogP contribution in [0.25, 0.3) is 0 Å². The Kier molecular flexibility index (Phi) is 5.06. The van der Waals surface area contributed by atoms with Gasteiger partial charge in [0.15, 0.2) is 4.99 Å². The van der Waals surface area contributed by atoms with E-state index in [2.05, 4.69) is 10.6 Å². The van der Waals surface area contributed by atoms with Crippen molar-refractivity contribution in [1.82, 2.24) is 5.32 Å². The molecule has 2 aromatic rings. The first-order valence-electron chi connectivity index (χ1n) is 6.77. The molecule has 0 radical (unpaired) electrons. The Balaban J connectivity index is 1.94. The van der Waals surface area contributed by atoms with Crippen LogP contribution in [0.3, 0.4) is 0 Å². The summed E-state index contributed by atoms with van der Waals surface area (Å²) in [5.74, 6) is -0.283. The van der Waals surface area contributed by atoms with Crippen LogP contribution in [0.1, 0.15) is 16.7 Å². The maximum atomic E-state index is 12.1. The first kappa shape index (κ1) is 15.2. The summed E-state index contributed by atoms with van der Waals surface area (Å²) in [6, 6.07) is 15.6. The number of anilines is 1. The molecule has 0 saturated heterocycles. The zero-order valence-corrected chi connectivity index (χ0v) is 13.0. The Morgan fingerprint density at radius 2 is 1.76 bits per heavy atom. The largest absolute Gasteiger partial charge is 0.368 e. The Morgan fingerprint density at radius 3 is 2.48 bits per heavy atom. The fraction of sp³-hybridized carbons (Fsp3) is 0.176. The molecule has 0 saturated carbocycles. The maximum absolute atomic E-state index is 12.1. The number of benzene rings is 2. The minimum atomic E-state index is -0.283. The summed E-state index contributed by atoms with van der Waals surface area (Å²) in [5.41, 5.74) is 4.07. The van der Waals surface area contributed by atoms with Gasteiger partial charge in [-0.15, -0.1) is 0 Å². The van der Waals surface area contributed by atoms with E-state index in [1.54, 1.807) is 0 Å². The predicted octanol–water partition coefficient (Wildman–Crippen LogP) is 3.36. The Bertz CT molecular complexity index is 653. The van der Waals surface area contributed by atoms with Crippen molar-refractivity contribution in [2.75, 3.05) is 5.32 Å². The molecule has 0 aromatic heterocycles. The van der Waals surface area contributed by atoms with E-state index in [1.165, 1.54) is 0 Å². The Labute approximate surface area is 130 Å². The van der Waals surface area contributed by atoms with Crippen LogP contribution in [0.2, 0.25) is 0 Å². The van der Waals surface area contributed by atoms with Gasteiger partial charge in [0.1, 0.15) is 0 Å². The minimum Gasteiger partial charge on any atom is -0.368 e. The van der Waals surface area contributed by atoms with Crippen molar-refractivity contribution in [1.29, 1.82) is 0 Å². The lowest BCUT2D eigenvalue weighted by atomic mass is 10.1. The van der Waals surface area contributed by atoms with Crippen LogP contribution in [-0.2, 0) is 11.3 Å². The van der Waals surface area contributed by atoms with Crippen molar-refractivity contribution < 1.29 is 4.79 Å². The van der Waals surface area contributed by atoms with Gasteiger partial charge in [0, 0.05) is 12.2 Å². The summed E-state index contributed by atoms with van der Waals surface area (Å²) in [7, 11) is 0. The molecule has 0 aliphatic carbocycles. The fourth-order valence-electron chi connectivity index (χ4n) is 1.92. The molecule has 0 fully saturated rings. The van der Waals surface area contributed by atoms with E-state index in [9.17, 15) is 4.79 Å². The minimum absolute atomic E-state index is 0.194. The van der Waals surface area contributed by atoms with Gasteiger partial charge < -0.3 is 10.6 Å². The third-order valence-corrected chi connectivity index (χ3v) is 3.68. The second-order valence-corrected chi connectivity index (χ2v) is 5.28. The SMILES string of the molecule is Cc1cccc(NC(=O)C(=S)NCc2ccccc2)c1C. The quantitative estimate of drug-likeness (QED) is 0.854. The van der Waals surface area contributed by atoms with Crippen molar-refractivity contribution in [3.8, 4) is 0 Å². The first-order valence-corrected chi connectivity index (χ1v) is 7.18. The lowest BCUT2D eigenvalue weighted by Crippen LogP contribution is -2.33. The van der Waals surface area contributed by atoms with E-state index in [4.69, 9.17) is 12.2 Å². The molecule has 0 unspecified atom stereocenters. The number of carbonyl (C=O) groups is 1. The number of hydrogen-bond donors (Lipinski definition) is 2. The highest BCUT2D eigenvalue weighted by Gasteiger charge is 2.10. The predicted molar refractivity (Wildman–Crippen MR) is 90.4 cm³/mol. The summed E-state index contributed by atoms with van der Waals surface area (Å²) in [5, 5.41) is 5.82. The summed E-state index contributed by atoms with van der Waals surface area (Å²) in [6.07, 6.45) is 0. The van der Waals surface area contributed by atoms with Crippen LogP contribution in [0.4, 0.5) is 5.69 Å². The molecule has 2 rings (SSSR count). The molecular weight excluding hydrogens is 280 g/mol. The molecule has 108 valence electrons. The van der Waals surface area contributed by atoms with Crippen LogP contribution >= 0.6 is 12.2 Å². The van der Waals surface area contributed by atoms with Gasteiger partial charge in [0.2, 0.25) is 0 Å². The van der Waals surface area contributed by atoms with E-state index in [0.29, 0.717) is 6.54 Å². The van der Waals surface area contributed by atoms with Gasteiger partial charge in [-0.05, 0) is 36.6 Å². The van der Waals surface area contributed by atoms with Gasteiger partial charge in [-0.1, -0.05) is 54.7 Å². The van der Waals surface area contributed by atoms with Crippen LogP contribution in [-0.4, -0.2) is 10.9 Å². The Morgan fingerprint density at radius 1 is 1.05 bits per heavy atom. The topological polar surface area (TPSA) is 41.1 Å². The van der Waals surface area contributed by atoms with Gasteiger partial charge in [0.25, 0.3) is 5.91 Å². The van der Waals surface area contributed by atoms with E-state index in [0.717, 1.165) is 22.4 Å². The zero-order chi connectivity index (χ0) is 15.2. The Hall–Kier alpha value is -2.20. The number of aryl methyl sites for hydroxylation is 1. The summed E-state index contributed by atoms with van der Waals surface area (Å²) in [4.78, 5) is 12.3. The number of amides is 1. The van der Waals surface area contributed by atoms with Crippen LogP contribution < -0.4 is 10.6 Å². The smallest absolute Gasteiger partial charge is 0.283 e. The van der Waals surface area contributed by atoms with Crippen molar-refractivity contribution in [2.45, 2.75) is 20.4 Å². The first-order chi connectivity index (χ1) is 10.1. The lowest BCUT2D eigenvalue weighted by Gasteiger charge is -2.12. The third-order valence-electron chi connectivity index (χ3n) is 3.35. The molecule has 1 amide bonds. The lowest BCUT2D eigenvalue weighted by molar-refractivity contribution is -0.110. The standard InChI is InChI=1S/C17H18N2OS/c1-12-7-6-10-15(13(12)2)19-16(20)17(21)18-11-14-8-4-3-5-9-14/h3-10H,11H2,1-2H3,(H,18,21)(H,19,20). The van der Waals surface area contributed by atoms with Crippen molar-refractivity contribution in [3.63, 3.8) is 0 Å². The van der Waals surface area contributed by atoms with E-state index < -0.39 is 0 Å². The maximum Gasteiger partial charge on any atom is 0.283 e. The average molecular weight is 298 g/mol. The molecule has 21 heavy (non-hydrogen) atoms. The monoisotopic (exact) mass is 298 g/mol. The zero-order valence-electron chi connectivity index (χ0n) is 12.1. The van der Waals surface area contributed by atoms with E-state index in [-0.39, 0.29) is 10.9 Å². The summed E-state index contributed by atoms with van der Waals surface area (Å²) < 4.78 is 0. The third kappa shape index (κ3) is 4.13. The second-order valence-electron chi connectivity index (χ2n) is 4.87. The molecule has 0 heterocycles. The summed E-state index contributed by atoms with van der Waals surface area (Å²) in [6.45, 7) is 4.53. The van der Waals surface area contributed by atoms with Crippen molar-refractivity contribution in [2.24, 2.45) is 0 Å². The molecule has 0 aliphatic rings. The van der Waals surface area contributed by atoms with Crippen LogP contribution in [0.5, 0.6) is 0 Å². The van der Waals surface area contributed by atoms with Gasteiger partial charge in [-0.25, -0.2) is 0 Å². The highest BCUT2D eigenvalue weighted by molar-refractivity contribution is 7.82. The van der Waals surface area contributed by atoms with Crippen LogP contribution in [0, 0.1) is 13.8 Å². The molecule has 3 nitrogen and oxygen atoms in total. The highest BCUT2D eigenvalue weighted by atomic mass is 32.1. The van der Waals surface area contributed by atoms with Crippen molar-refractivity contribution >= 4 is 28.8 Å². The number of carbonyl (C=O) groups excluding carboxylic acids is 1. The highest BCUT2D eigenvalue weighted by Crippen LogP contribution is 2.17. The average Bonchev–Trinajstić information content (AvgIpc) is 2.50. The normalized spacial score (nSPS) is 10.0. The summed E-state index contributed by atoms with van der Waals surface area (Å²) >= 11 is 5.13. The molecule has 2 N–H and O–H groups in total. The molecule has 0 atom stereocenters. The van der Waals surface area contributed by atoms with Gasteiger partial charge in [0.05, 0.1) is 0 Å². The van der Waals surface area contributed by atoms with Crippen LogP contribution in [0.15, 0.2) is 48.5 Å². The number of thiocarbonyl (C=S) groups is 1. The number of rotatable bonds is 3.